The molecule has 2 heterocycles. The zero-order valence-corrected chi connectivity index (χ0v) is 17.4. The standard InChI is InChI=1S/C22H27N3O4.ClH/c26-14-19-21(27)20(25-11-10-15-6-4-5-7-16(15)13-25)18(29-19)12-23-22(28)24-17-8-2-1-3-9-17;/h1-9,18-21,26-27H,10-14H2,(H2,23,24,28);1H/t18-,19+,20+,21-;/m1./s1. The molecule has 2 aliphatic heterocycles. The Balaban J connectivity index is 0.00000256. The van der Waals surface area contributed by atoms with Gasteiger partial charge in [-0.3, -0.25) is 4.90 Å². The first-order chi connectivity index (χ1) is 14.2. The molecule has 0 radical (unpaired) electrons. The van der Waals surface area contributed by atoms with E-state index in [9.17, 15) is 15.0 Å². The number of benzene rings is 2. The van der Waals surface area contributed by atoms with Crippen molar-refractivity contribution in [1.82, 2.24) is 10.2 Å². The summed E-state index contributed by atoms with van der Waals surface area (Å²) in [7, 11) is 0. The number of para-hydroxylation sites is 1. The number of ether oxygens (including phenoxy) is 1. The molecule has 4 rings (SSSR count). The second-order valence-corrected chi connectivity index (χ2v) is 7.57. The predicted molar refractivity (Wildman–Crippen MR) is 117 cm³/mol. The fourth-order valence-electron chi connectivity index (χ4n) is 4.26. The zero-order chi connectivity index (χ0) is 20.2. The van der Waals surface area contributed by atoms with E-state index in [1.165, 1.54) is 11.1 Å². The monoisotopic (exact) mass is 433 g/mol. The Kier molecular flexibility index (Phi) is 7.69. The molecule has 2 aliphatic rings. The van der Waals surface area contributed by atoms with Crippen LogP contribution in [0, 0.1) is 0 Å². The topological polar surface area (TPSA) is 94.1 Å². The molecule has 4 N–H and O–H groups in total. The Labute approximate surface area is 182 Å². The van der Waals surface area contributed by atoms with Crippen LogP contribution in [0.5, 0.6) is 0 Å². The number of carbonyl (C=O) groups is 1. The highest BCUT2D eigenvalue weighted by Crippen LogP contribution is 2.30. The van der Waals surface area contributed by atoms with Crippen LogP contribution in [0.25, 0.3) is 0 Å². The lowest BCUT2D eigenvalue weighted by Crippen LogP contribution is -2.52. The number of anilines is 1. The maximum atomic E-state index is 12.2. The highest BCUT2D eigenvalue weighted by Gasteiger charge is 2.46. The van der Waals surface area contributed by atoms with Crippen LogP contribution < -0.4 is 10.6 Å². The van der Waals surface area contributed by atoms with Gasteiger partial charge in [-0.25, -0.2) is 4.79 Å². The van der Waals surface area contributed by atoms with Gasteiger partial charge in [0.2, 0.25) is 0 Å². The molecule has 30 heavy (non-hydrogen) atoms. The van der Waals surface area contributed by atoms with Crippen LogP contribution in [-0.2, 0) is 17.7 Å². The van der Waals surface area contributed by atoms with E-state index in [4.69, 9.17) is 4.74 Å². The molecule has 2 aromatic carbocycles. The van der Waals surface area contributed by atoms with Gasteiger partial charge in [-0.1, -0.05) is 42.5 Å². The Morgan fingerprint density at radius 3 is 2.50 bits per heavy atom. The number of aliphatic hydroxyl groups excluding tert-OH is 2. The van der Waals surface area contributed by atoms with Crippen molar-refractivity contribution in [2.24, 2.45) is 0 Å². The molecule has 162 valence electrons. The number of nitrogens with zero attached hydrogens (tertiary/aromatic N) is 1. The molecule has 0 aliphatic carbocycles. The van der Waals surface area contributed by atoms with E-state index in [-0.39, 0.29) is 37.6 Å². The Morgan fingerprint density at radius 1 is 1.07 bits per heavy atom. The van der Waals surface area contributed by atoms with Gasteiger partial charge in [-0.2, -0.15) is 0 Å². The summed E-state index contributed by atoms with van der Waals surface area (Å²) in [6.45, 7) is 1.50. The minimum absolute atomic E-state index is 0. The zero-order valence-electron chi connectivity index (χ0n) is 16.6. The summed E-state index contributed by atoms with van der Waals surface area (Å²) in [5.41, 5.74) is 3.27. The summed E-state index contributed by atoms with van der Waals surface area (Å²) in [4.78, 5) is 14.4. The number of hydrogen-bond acceptors (Lipinski definition) is 5. The molecule has 1 fully saturated rings. The van der Waals surface area contributed by atoms with E-state index >= 15 is 0 Å². The highest BCUT2D eigenvalue weighted by molar-refractivity contribution is 5.89. The molecule has 8 heteroatoms. The second-order valence-electron chi connectivity index (χ2n) is 7.57. The van der Waals surface area contributed by atoms with Crippen molar-refractivity contribution in [1.29, 1.82) is 0 Å². The lowest BCUT2D eigenvalue weighted by molar-refractivity contribution is -0.0205. The van der Waals surface area contributed by atoms with Crippen molar-refractivity contribution in [2.45, 2.75) is 37.3 Å². The average Bonchev–Trinajstić information content (AvgIpc) is 3.08. The number of nitrogens with one attached hydrogen (secondary N) is 2. The summed E-state index contributed by atoms with van der Waals surface area (Å²) < 4.78 is 5.89. The average molecular weight is 434 g/mol. The summed E-state index contributed by atoms with van der Waals surface area (Å²) in [5.74, 6) is 0. The van der Waals surface area contributed by atoms with Gasteiger partial charge in [-0.15, -0.1) is 12.4 Å². The van der Waals surface area contributed by atoms with Crippen molar-refractivity contribution in [2.75, 3.05) is 25.0 Å². The summed E-state index contributed by atoms with van der Waals surface area (Å²) in [6, 6.07) is 16.9. The van der Waals surface area contributed by atoms with Crippen LogP contribution in [0.4, 0.5) is 10.5 Å². The van der Waals surface area contributed by atoms with Gasteiger partial charge in [0.05, 0.1) is 18.8 Å². The van der Waals surface area contributed by atoms with E-state index < -0.39 is 18.3 Å². The molecule has 0 spiro atoms. The highest BCUT2D eigenvalue weighted by atomic mass is 35.5. The molecule has 4 atom stereocenters. The van der Waals surface area contributed by atoms with Crippen molar-refractivity contribution in [3.8, 4) is 0 Å². The van der Waals surface area contributed by atoms with Crippen LogP contribution in [0.3, 0.4) is 0 Å². The number of fused-ring (bicyclic) bond motifs is 1. The van der Waals surface area contributed by atoms with Crippen LogP contribution in [0.2, 0.25) is 0 Å². The molecule has 0 bridgehead atoms. The third-order valence-electron chi connectivity index (χ3n) is 5.72. The molecule has 0 saturated carbocycles. The fourth-order valence-corrected chi connectivity index (χ4v) is 4.26. The molecular formula is C22H28ClN3O4. The number of carbonyl (C=O) groups excluding carboxylic acids is 1. The van der Waals surface area contributed by atoms with Gasteiger partial charge >= 0.3 is 6.03 Å². The number of hydrogen-bond donors (Lipinski definition) is 4. The molecule has 0 unspecified atom stereocenters. The number of rotatable bonds is 5. The minimum Gasteiger partial charge on any atom is -0.394 e. The van der Waals surface area contributed by atoms with Crippen LogP contribution in [0.1, 0.15) is 11.1 Å². The number of aliphatic hydroxyl groups is 2. The van der Waals surface area contributed by atoms with Crippen molar-refractivity contribution >= 4 is 24.1 Å². The van der Waals surface area contributed by atoms with E-state index in [0.29, 0.717) is 12.2 Å². The van der Waals surface area contributed by atoms with Crippen LogP contribution in [0.15, 0.2) is 54.6 Å². The smallest absolute Gasteiger partial charge is 0.319 e. The van der Waals surface area contributed by atoms with Gasteiger partial charge in [-0.05, 0) is 29.7 Å². The van der Waals surface area contributed by atoms with Gasteiger partial charge in [0.1, 0.15) is 12.2 Å². The summed E-state index contributed by atoms with van der Waals surface area (Å²) >= 11 is 0. The summed E-state index contributed by atoms with van der Waals surface area (Å²) in [6.07, 6.45) is -0.970. The largest absolute Gasteiger partial charge is 0.394 e. The fraction of sp³-hybridized carbons (Fsp3) is 0.409. The van der Waals surface area contributed by atoms with Crippen LogP contribution in [-0.4, -0.2) is 65.2 Å². The predicted octanol–water partition coefficient (Wildman–Crippen LogP) is 1.78. The Morgan fingerprint density at radius 2 is 1.77 bits per heavy atom. The van der Waals surface area contributed by atoms with Gasteiger partial charge in [0.25, 0.3) is 0 Å². The third-order valence-corrected chi connectivity index (χ3v) is 5.72. The Hall–Kier alpha value is -2.16. The minimum atomic E-state index is -0.811. The molecule has 2 aromatic rings. The van der Waals surface area contributed by atoms with Gasteiger partial charge < -0.3 is 25.6 Å². The van der Waals surface area contributed by atoms with Crippen LogP contribution >= 0.6 is 12.4 Å². The number of halogens is 1. The van der Waals surface area contributed by atoms with E-state index in [0.717, 1.165) is 13.0 Å². The van der Waals surface area contributed by atoms with Crippen molar-refractivity contribution in [3.63, 3.8) is 0 Å². The quantitative estimate of drug-likeness (QED) is 0.576. The first-order valence-electron chi connectivity index (χ1n) is 10.0. The van der Waals surface area contributed by atoms with E-state index in [1.807, 2.05) is 42.5 Å². The van der Waals surface area contributed by atoms with Gasteiger partial charge in [0, 0.05) is 25.3 Å². The van der Waals surface area contributed by atoms with Gasteiger partial charge in [0.15, 0.2) is 0 Å². The second kappa shape index (κ2) is 10.2. The number of amides is 2. The normalized spacial score (nSPS) is 25.8. The van der Waals surface area contributed by atoms with E-state index in [1.54, 1.807) is 0 Å². The molecular weight excluding hydrogens is 406 g/mol. The lowest BCUT2D eigenvalue weighted by atomic mass is 9.95. The molecule has 7 nitrogen and oxygen atoms in total. The molecule has 0 aromatic heterocycles. The number of urea groups is 1. The maximum Gasteiger partial charge on any atom is 0.319 e. The molecule has 1 saturated heterocycles. The summed E-state index contributed by atoms with van der Waals surface area (Å²) in [5, 5.41) is 26.0. The SMILES string of the molecule is Cl.O=C(NC[C@H]1O[C@@H](CO)[C@@H](O)[C@H]1N1CCc2ccccc2C1)Nc1ccccc1. The van der Waals surface area contributed by atoms with Crippen molar-refractivity contribution < 1.29 is 19.7 Å². The molecule has 2 amide bonds. The first-order valence-corrected chi connectivity index (χ1v) is 10.0. The third kappa shape index (κ3) is 4.94. The Bertz CT molecular complexity index is 838. The van der Waals surface area contributed by atoms with Crippen molar-refractivity contribution in [3.05, 3.63) is 65.7 Å². The van der Waals surface area contributed by atoms with E-state index in [2.05, 4.69) is 27.7 Å². The lowest BCUT2D eigenvalue weighted by Gasteiger charge is -2.37. The maximum absolute atomic E-state index is 12.2. The first kappa shape index (κ1) is 22.5.